The van der Waals surface area contributed by atoms with Gasteiger partial charge in [-0.1, -0.05) is 17.7 Å². The van der Waals surface area contributed by atoms with E-state index in [0.717, 1.165) is 53.2 Å². The predicted molar refractivity (Wildman–Crippen MR) is 110 cm³/mol. The molecule has 0 saturated carbocycles. The number of amides is 1. The number of H-pyrrole nitrogens is 1. The Morgan fingerprint density at radius 3 is 2.48 bits per heavy atom. The Balaban J connectivity index is 1.51. The van der Waals surface area contributed by atoms with Crippen molar-refractivity contribution < 1.29 is 9.78 Å². The lowest BCUT2D eigenvalue weighted by Gasteiger charge is -2.36. The minimum atomic E-state index is 0.121. The van der Waals surface area contributed by atoms with Gasteiger partial charge in [-0.15, -0.1) is 0 Å². The molecule has 27 heavy (non-hydrogen) atoms. The summed E-state index contributed by atoms with van der Waals surface area (Å²) in [7, 11) is 0. The molecule has 4 nitrogen and oxygen atoms in total. The molecule has 0 bridgehead atoms. The summed E-state index contributed by atoms with van der Waals surface area (Å²) in [5.74, 6) is 0.121. The highest BCUT2D eigenvalue weighted by molar-refractivity contribution is 6.31. The van der Waals surface area contributed by atoms with Crippen molar-refractivity contribution in [2.75, 3.05) is 31.1 Å². The van der Waals surface area contributed by atoms with Gasteiger partial charge in [0.25, 0.3) is 5.91 Å². The number of aromatic nitrogens is 1. The molecule has 4 rings (SSSR count). The van der Waals surface area contributed by atoms with E-state index in [9.17, 15) is 4.79 Å². The third-order valence-electron chi connectivity index (χ3n) is 5.40. The number of hydrogen-bond acceptors (Lipinski definition) is 2. The van der Waals surface area contributed by atoms with Gasteiger partial charge in [0.2, 0.25) is 5.52 Å². The Morgan fingerprint density at radius 1 is 0.963 bits per heavy atom. The maximum absolute atomic E-state index is 12.8. The first kappa shape index (κ1) is 17.8. The van der Waals surface area contributed by atoms with Crippen LogP contribution in [0.25, 0.3) is 10.9 Å². The van der Waals surface area contributed by atoms with Crippen LogP contribution in [0, 0.1) is 13.8 Å². The number of carbonyl (C=O) groups is 1. The molecule has 0 atom stereocenters. The maximum Gasteiger partial charge on any atom is 0.253 e. The summed E-state index contributed by atoms with van der Waals surface area (Å²) in [6, 6.07) is 14.0. The lowest BCUT2D eigenvalue weighted by Crippen LogP contribution is -2.49. The van der Waals surface area contributed by atoms with Gasteiger partial charge in [0.1, 0.15) is 0 Å². The second-order valence-corrected chi connectivity index (χ2v) is 7.57. The van der Waals surface area contributed by atoms with Crippen molar-refractivity contribution in [3.8, 4) is 0 Å². The van der Waals surface area contributed by atoms with Gasteiger partial charge in [-0.2, -0.15) is 0 Å². The van der Waals surface area contributed by atoms with E-state index < -0.39 is 0 Å². The number of aryl methyl sites for hydroxylation is 2. The van der Waals surface area contributed by atoms with Crippen LogP contribution < -0.4 is 9.88 Å². The molecule has 1 aromatic heterocycles. The van der Waals surface area contributed by atoms with Crippen molar-refractivity contribution in [3.63, 3.8) is 0 Å². The van der Waals surface area contributed by atoms with Gasteiger partial charge < -0.3 is 9.80 Å². The molecule has 0 spiro atoms. The maximum atomic E-state index is 12.8. The smallest absolute Gasteiger partial charge is 0.253 e. The first-order valence-electron chi connectivity index (χ1n) is 9.24. The Labute approximate surface area is 164 Å². The van der Waals surface area contributed by atoms with E-state index in [4.69, 9.17) is 11.6 Å². The number of halogens is 1. The number of fused-ring (bicyclic) bond motifs is 1. The van der Waals surface area contributed by atoms with Crippen LogP contribution in [0.3, 0.4) is 0 Å². The van der Waals surface area contributed by atoms with Crippen LogP contribution in [-0.2, 0) is 0 Å². The first-order valence-corrected chi connectivity index (χ1v) is 9.62. The quantitative estimate of drug-likeness (QED) is 0.676. The largest absolute Gasteiger partial charge is 0.367 e. The van der Waals surface area contributed by atoms with Crippen molar-refractivity contribution >= 4 is 34.1 Å². The molecule has 5 heteroatoms. The van der Waals surface area contributed by atoms with E-state index in [1.807, 2.05) is 48.4 Å². The van der Waals surface area contributed by atoms with Gasteiger partial charge in [-0.05, 0) is 49.2 Å². The zero-order chi connectivity index (χ0) is 19.0. The molecule has 1 aliphatic rings. The molecule has 2 aromatic carbocycles. The summed E-state index contributed by atoms with van der Waals surface area (Å²) >= 11 is 6.11. The normalized spacial score (nSPS) is 14.6. The predicted octanol–water partition coefficient (Wildman–Crippen LogP) is 3.89. The number of hydrogen-bond donors (Lipinski definition) is 0. The number of benzene rings is 2. The molecule has 0 unspecified atom stereocenters. The fourth-order valence-electron chi connectivity index (χ4n) is 3.64. The van der Waals surface area contributed by atoms with E-state index in [0.29, 0.717) is 0 Å². The first-order chi connectivity index (χ1) is 13.0. The SMILES string of the molecule is Cc1ccc(C(=O)N2CCN(c3cc[nH+]c4cc(Cl)ccc34)CC2)cc1C. The number of aromatic amines is 1. The van der Waals surface area contributed by atoms with Crippen molar-refractivity contribution in [1.29, 1.82) is 0 Å². The molecule has 138 valence electrons. The number of piperazine rings is 1. The summed E-state index contributed by atoms with van der Waals surface area (Å²) in [6.45, 7) is 7.19. The highest BCUT2D eigenvalue weighted by Crippen LogP contribution is 2.27. The van der Waals surface area contributed by atoms with E-state index >= 15 is 0 Å². The Hall–Kier alpha value is -2.59. The molecule has 2 heterocycles. The van der Waals surface area contributed by atoms with Crippen LogP contribution in [0.15, 0.2) is 48.7 Å². The van der Waals surface area contributed by atoms with E-state index in [2.05, 4.69) is 28.9 Å². The Kier molecular flexibility index (Phi) is 4.75. The summed E-state index contributed by atoms with van der Waals surface area (Å²) in [6.07, 6.45) is 1.95. The molecule has 1 aliphatic heterocycles. The second kappa shape index (κ2) is 7.20. The summed E-state index contributed by atoms with van der Waals surface area (Å²) in [5, 5.41) is 1.87. The zero-order valence-electron chi connectivity index (χ0n) is 15.6. The molecule has 1 saturated heterocycles. The number of rotatable bonds is 2. The molecule has 1 fully saturated rings. The third kappa shape index (κ3) is 3.50. The molecule has 0 aliphatic carbocycles. The summed E-state index contributed by atoms with van der Waals surface area (Å²) in [5.41, 5.74) is 5.35. The second-order valence-electron chi connectivity index (χ2n) is 7.13. The van der Waals surface area contributed by atoms with E-state index in [1.165, 1.54) is 11.3 Å². The van der Waals surface area contributed by atoms with E-state index in [-0.39, 0.29) is 5.91 Å². The molecule has 3 aromatic rings. The monoisotopic (exact) mass is 380 g/mol. The highest BCUT2D eigenvalue weighted by Gasteiger charge is 2.24. The van der Waals surface area contributed by atoms with Crippen molar-refractivity contribution in [2.24, 2.45) is 0 Å². The van der Waals surface area contributed by atoms with Crippen LogP contribution in [0.4, 0.5) is 5.69 Å². The van der Waals surface area contributed by atoms with E-state index in [1.54, 1.807) is 0 Å². The molecule has 1 N–H and O–H groups in total. The Bertz CT molecular complexity index is 1010. The fourth-order valence-corrected chi connectivity index (χ4v) is 3.81. The molecule has 0 radical (unpaired) electrons. The zero-order valence-corrected chi connectivity index (χ0v) is 16.4. The molecular weight excluding hydrogens is 358 g/mol. The van der Waals surface area contributed by atoms with Crippen molar-refractivity contribution in [1.82, 2.24) is 4.90 Å². The van der Waals surface area contributed by atoms with Crippen molar-refractivity contribution in [3.05, 3.63) is 70.4 Å². The number of anilines is 1. The van der Waals surface area contributed by atoms with Gasteiger partial charge in [0, 0.05) is 48.9 Å². The van der Waals surface area contributed by atoms with Crippen molar-refractivity contribution in [2.45, 2.75) is 13.8 Å². The number of pyridine rings is 1. The lowest BCUT2D eigenvalue weighted by molar-refractivity contribution is -0.344. The summed E-state index contributed by atoms with van der Waals surface area (Å²) < 4.78 is 0. The lowest BCUT2D eigenvalue weighted by atomic mass is 10.1. The summed E-state index contributed by atoms with van der Waals surface area (Å²) in [4.78, 5) is 20.4. The fraction of sp³-hybridized carbons (Fsp3) is 0.273. The molecule has 1 amide bonds. The van der Waals surface area contributed by atoms with Gasteiger partial charge in [-0.3, -0.25) is 4.79 Å². The van der Waals surface area contributed by atoms with Gasteiger partial charge in [0.15, 0.2) is 6.20 Å². The number of carbonyl (C=O) groups excluding carboxylic acids is 1. The topological polar surface area (TPSA) is 37.7 Å². The average molecular weight is 381 g/mol. The van der Waals surface area contributed by atoms with Crippen LogP contribution in [0.5, 0.6) is 0 Å². The minimum absolute atomic E-state index is 0.121. The third-order valence-corrected chi connectivity index (χ3v) is 5.63. The van der Waals surface area contributed by atoms with Gasteiger partial charge >= 0.3 is 0 Å². The van der Waals surface area contributed by atoms with Crippen LogP contribution in [0.2, 0.25) is 5.02 Å². The van der Waals surface area contributed by atoms with Crippen LogP contribution >= 0.6 is 11.6 Å². The Morgan fingerprint density at radius 2 is 1.74 bits per heavy atom. The number of nitrogens with one attached hydrogen (secondary N) is 1. The van der Waals surface area contributed by atoms with Crippen LogP contribution in [0.1, 0.15) is 21.5 Å². The molecular formula is C22H23ClN3O+. The number of nitrogens with zero attached hydrogens (tertiary/aromatic N) is 2. The average Bonchev–Trinajstić information content (AvgIpc) is 2.69. The minimum Gasteiger partial charge on any atom is -0.367 e. The van der Waals surface area contributed by atoms with Gasteiger partial charge in [0.05, 0.1) is 11.1 Å². The van der Waals surface area contributed by atoms with Gasteiger partial charge in [-0.25, -0.2) is 4.98 Å². The highest BCUT2D eigenvalue weighted by atomic mass is 35.5. The standard InChI is InChI=1S/C22H22ClN3O/c1-15-3-4-17(13-16(15)2)22(27)26-11-9-25(10-12-26)21-7-8-24-20-14-18(23)5-6-19(20)21/h3-8,13-14H,9-12H2,1-2H3/p+1. The van der Waals surface area contributed by atoms with Crippen LogP contribution in [-0.4, -0.2) is 37.0 Å².